The second kappa shape index (κ2) is 8.86. The molecule has 1 heterocycles. The van der Waals surface area contributed by atoms with E-state index >= 15 is 0 Å². The molecule has 0 saturated heterocycles. The lowest BCUT2D eigenvalue weighted by molar-refractivity contribution is 0.112. The molecule has 0 aliphatic heterocycles. The fourth-order valence-corrected chi connectivity index (χ4v) is 3.63. The first-order valence-electron chi connectivity index (χ1n) is 9.48. The number of methoxy groups -OCH3 is 2. The van der Waals surface area contributed by atoms with E-state index in [0.29, 0.717) is 28.2 Å². The van der Waals surface area contributed by atoms with Gasteiger partial charge < -0.3 is 14.2 Å². The van der Waals surface area contributed by atoms with Crippen molar-refractivity contribution < 1.29 is 23.0 Å². The molecule has 0 N–H and O–H groups in total. The standard InChI is InChI=1S/C23H17F2N3O3S/c1-29-20-8-18-19(9-21(20)30-2)28(12-27-18)16-6-13(10-26)23(32)22(7-16)31-11-14-5-15(24)3-4-17(14)25/h3-9,12,22H,11H2,1-2H3. The summed E-state index contributed by atoms with van der Waals surface area (Å²) in [7, 11) is 3.07. The summed E-state index contributed by atoms with van der Waals surface area (Å²) in [5.41, 5.74) is 2.26. The van der Waals surface area contributed by atoms with Crippen molar-refractivity contribution >= 4 is 33.8 Å². The largest absolute Gasteiger partial charge is 0.493 e. The lowest BCUT2D eigenvalue weighted by Gasteiger charge is -2.21. The van der Waals surface area contributed by atoms with E-state index in [9.17, 15) is 14.0 Å². The number of thiocarbonyl (C=S) groups is 1. The molecule has 3 aromatic rings. The van der Waals surface area contributed by atoms with Crippen LogP contribution in [0.1, 0.15) is 5.56 Å². The van der Waals surface area contributed by atoms with Crippen molar-refractivity contribution in [3.05, 3.63) is 71.6 Å². The van der Waals surface area contributed by atoms with Crippen LogP contribution < -0.4 is 9.47 Å². The van der Waals surface area contributed by atoms with Crippen molar-refractivity contribution in [2.24, 2.45) is 0 Å². The maximum Gasteiger partial charge on any atom is 0.163 e. The summed E-state index contributed by atoms with van der Waals surface area (Å²) in [5.74, 6) is -0.0995. The zero-order valence-corrected chi connectivity index (χ0v) is 18.0. The third-order valence-corrected chi connectivity index (χ3v) is 5.47. The Morgan fingerprint density at radius 1 is 1.16 bits per heavy atom. The van der Waals surface area contributed by atoms with Gasteiger partial charge in [0, 0.05) is 23.4 Å². The van der Waals surface area contributed by atoms with Crippen LogP contribution in [0.25, 0.3) is 16.7 Å². The number of allylic oxidation sites excluding steroid dienone is 2. The van der Waals surface area contributed by atoms with Gasteiger partial charge in [0.15, 0.2) is 11.5 Å². The van der Waals surface area contributed by atoms with Crippen molar-refractivity contribution in [2.75, 3.05) is 14.2 Å². The van der Waals surface area contributed by atoms with Crippen molar-refractivity contribution in [2.45, 2.75) is 12.7 Å². The zero-order chi connectivity index (χ0) is 22.8. The van der Waals surface area contributed by atoms with Crippen LogP contribution in [-0.2, 0) is 11.3 Å². The van der Waals surface area contributed by atoms with E-state index < -0.39 is 17.7 Å². The van der Waals surface area contributed by atoms with Crippen LogP contribution in [0.5, 0.6) is 11.5 Å². The summed E-state index contributed by atoms with van der Waals surface area (Å²) in [5, 5.41) is 9.56. The number of hydrogen-bond donors (Lipinski definition) is 0. The summed E-state index contributed by atoms with van der Waals surface area (Å²) < 4.78 is 45.7. The van der Waals surface area contributed by atoms with Crippen LogP contribution in [0.4, 0.5) is 8.78 Å². The second-order valence-electron chi connectivity index (χ2n) is 6.90. The van der Waals surface area contributed by atoms with Gasteiger partial charge in [0.2, 0.25) is 0 Å². The topological polar surface area (TPSA) is 69.3 Å². The molecule has 6 nitrogen and oxygen atoms in total. The average Bonchev–Trinajstić information content (AvgIpc) is 3.22. The normalized spacial score (nSPS) is 15.8. The van der Waals surface area contributed by atoms with E-state index in [1.54, 1.807) is 35.2 Å². The molecule has 0 amide bonds. The van der Waals surface area contributed by atoms with Gasteiger partial charge in [-0.1, -0.05) is 12.2 Å². The van der Waals surface area contributed by atoms with Gasteiger partial charge in [-0.3, -0.25) is 4.57 Å². The summed E-state index contributed by atoms with van der Waals surface area (Å²) >= 11 is 5.38. The molecule has 1 atom stereocenters. The summed E-state index contributed by atoms with van der Waals surface area (Å²) in [6, 6.07) is 8.72. The number of imidazole rings is 1. The number of hydrogen-bond acceptors (Lipinski definition) is 6. The van der Waals surface area contributed by atoms with Crippen molar-refractivity contribution in [3.8, 4) is 17.6 Å². The minimum atomic E-state index is -0.792. The van der Waals surface area contributed by atoms with Crippen LogP contribution in [0.15, 0.2) is 54.4 Å². The molecule has 9 heteroatoms. The van der Waals surface area contributed by atoms with Crippen LogP contribution in [-0.4, -0.2) is 34.7 Å². The van der Waals surface area contributed by atoms with Gasteiger partial charge in [-0.25, -0.2) is 13.8 Å². The molecule has 0 fully saturated rings. The highest BCUT2D eigenvalue weighted by atomic mass is 32.1. The van der Waals surface area contributed by atoms with Crippen molar-refractivity contribution in [3.63, 3.8) is 0 Å². The van der Waals surface area contributed by atoms with Gasteiger partial charge in [-0.15, -0.1) is 0 Å². The summed E-state index contributed by atoms with van der Waals surface area (Å²) in [6.45, 7) is -0.216. The van der Waals surface area contributed by atoms with Crippen LogP contribution >= 0.6 is 12.2 Å². The van der Waals surface area contributed by atoms with Crippen LogP contribution in [0.3, 0.4) is 0 Å². The van der Waals surface area contributed by atoms with Gasteiger partial charge in [-0.2, -0.15) is 5.26 Å². The number of nitrogens with zero attached hydrogens (tertiary/aromatic N) is 3. The van der Waals surface area contributed by atoms with E-state index in [1.165, 1.54) is 14.2 Å². The predicted molar refractivity (Wildman–Crippen MR) is 118 cm³/mol. The van der Waals surface area contributed by atoms with Crippen LogP contribution in [0.2, 0.25) is 0 Å². The highest BCUT2D eigenvalue weighted by molar-refractivity contribution is 7.81. The zero-order valence-electron chi connectivity index (χ0n) is 17.1. The van der Waals surface area contributed by atoms with Gasteiger partial charge in [0.1, 0.15) is 30.1 Å². The average molecular weight is 453 g/mol. The van der Waals surface area contributed by atoms with E-state index in [2.05, 4.69) is 11.1 Å². The molecule has 1 aliphatic rings. The van der Waals surface area contributed by atoms with Gasteiger partial charge >= 0.3 is 0 Å². The van der Waals surface area contributed by atoms with Gasteiger partial charge in [0.05, 0.1) is 42.3 Å². The minimum absolute atomic E-state index is 0.0562. The monoisotopic (exact) mass is 453 g/mol. The number of benzene rings is 2. The molecule has 2 aromatic carbocycles. The summed E-state index contributed by atoms with van der Waals surface area (Å²) in [4.78, 5) is 4.66. The molecular formula is C23H17F2N3O3S. The first-order chi connectivity index (χ1) is 15.4. The SMILES string of the molecule is COc1cc2ncn(C3=CC(OCc4cc(F)ccc4F)C(=S)C(C#N)=C3)c2cc1OC. The number of fused-ring (bicyclic) bond motifs is 1. The molecule has 0 spiro atoms. The quantitative estimate of drug-likeness (QED) is 0.509. The Hall–Kier alpha value is -3.61. The lowest BCUT2D eigenvalue weighted by Crippen LogP contribution is -2.25. The number of halogens is 2. The van der Waals surface area contributed by atoms with Gasteiger partial charge in [-0.05, 0) is 30.4 Å². The Labute approximate surface area is 187 Å². The Kier molecular flexibility index (Phi) is 5.99. The number of aromatic nitrogens is 2. The van der Waals surface area contributed by atoms with Crippen molar-refractivity contribution in [1.29, 1.82) is 5.26 Å². The minimum Gasteiger partial charge on any atom is -0.493 e. The highest BCUT2D eigenvalue weighted by Gasteiger charge is 2.24. The van der Waals surface area contributed by atoms with Crippen molar-refractivity contribution in [1.82, 2.24) is 9.55 Å². The summed E-state index contributed by atoms with van der Waals surface area (Å²) in [6.07, 6.45) is 4.14. The molecule has 32 heavy (non-hydrogen) atoms. The molecular weight excluding hydrogens is 436 g/mol. The molecule has 1 aromatic heterocycles. The fourth-order valence-electron chi connectivity index (χ4n) is 3.39. The number of ether oxygens (including phenoxy) is 3. The fraction of sp³-hybridized carbons (Fsp3) is 0.174. The van der Waals surface area contributed by atoms with Crippen LogP contribution in [0, 0.1) is 23.0 Å². The smallest absolute Gasteiger partial charge is 0.163 e. The lowest BCUT2D eigenvalue weighted by atomic mass is 10.0. The van der Waals surface area contributed by atoms with E-state index in [0.717, 1.165) is 18.2 Å². The Bertz CT molecular complexity index is 1320. The molecule has 0 bridgehead atoms. The second-order valence-corrected chi connectivity index (χ2v) is 7.34. The molecule has 162 valence electrons. The maximum absolute atomic E-state index is 14.0. The first kappa shape index (κ1) is 21.6. The third-order valence-electron chi connectivity index (χ3n) is 5.02. The van der Waals surface area contributed by atoms with E-state index in [-0.39, 0.29) is 22.6 Å². The number of rotatable bonds is 6. The molecule has 4 rings (SSSR count). The predicted octanol–water partition coefficient (Wildman–Crippen LogP) is 4.59. The van der Waals surface area contributed by atoms with Gasteiger partial charge in [0.25, 0.3) is 0 Å². The number of nitriles is 1. The Morgan fingerprint density at radius 3 is 2.62 bits per heavy atom. The Balaban J connectivity index is 1.71. The maximum atomic E-state index is 14.0. The molecule has 0 radical (unpaired) electrons. The molecule has 1 aliphatic carbocycles. The highest BCUT2D eigenvalue weighted by Crippen LogP contribution is 2.33. The molecule has 1 unspecified atom stereocenters. The first-order valence-corrected chi connectivity index (χ1v) is 9.88. The third kappa shape index (κ3) is 3.98. The van der Waals surface area contributed by atoms with E-state index in [1.807, 2.05) is 0 Å². The Morgan fingerprint density at radius 2 is 1.91 bits per heavy atom. The van der Waals surface area contributed by atoms with E-state index in [4.69, 9.17) is 26.4 Å². The molecule has 0 saturated carbocycles.